The lowest BCUT2D eigenvalue weighted by molar-refractivity contribution is -0.134. The van der Waals surface area contributed by atoms with Crippen molar-refractivity contribution in [2.75, 3.05) is 26.2 Å². The second-order valence-electron chi connectivity index (χ2n) is 4.82. The number of piperazine rings is 1. The smallest absolute Gasteiger partial charge is 0.239 e. The lowest BCUT2D eigenvalue weighted by Gasteiger charge is -2.35. The van der Waals surface area contributed by atoms with Crippen molar-refractivity contribution in [3.8, 4) is 0 Å². The Kier molecular flexibility index (Phi) is 3.98. The number of aromatic nitrogens is 1. The molecule has 1 aromatic heterocycles. The number of nitrogens with zero attached hydrogens (tertiary/aromatic N) is 3. The molecule has 1 aliphatic heterocycles. The number of hydrogen-bond acceptors (Lipinski definition) is 5. The first kappa shape index (κ1) is 13.0. The average molecular weight is 252 g/mol. The summed E-state index contributed by atoms with van der Waals surface area (Å²) in [6, 6.07) is 1.54. The fraction of sp³-hybridized carbons (Fsp3) is 0.667. The SMILES string of the molecule is Cc1cc(CN2CCN(C(=O)[C@@H](C)N)CC2)no1. The fourth-order valence-electron chi connectivity index (χ4n) is 2.14. The molecule has 0 radical (unpaired) electrons. The summed E-state index contributed by atoms with van der Waals surface area (Å²) >= 11 is 0. The Labute approximate surface area is 107 Å². The van der Waals surface area contributed by atoms with Gasteiger partial charge < -0.3 is 15.2 Å². The van der Waals surface area contributed by atoms with Crippen molar-refractivity contribution in [2.45, 2.75) is 26.4 Å². The Balaban J connectivity index is 1.82. The van der Waals surface area contributed by atoms with E-state index in [2.05, 4.69) is 10.1 Å². The van der Waals surface area contributed by atoms with E-state index in [-0.39, 0.29) is 5.91 Å². The Hall–Kier alpha value is -1.40. The number of rotatable bonds is 3. The Bertz CT molecular complexity index is 408. The summed E-state index contributed by atoms with van der Waals surface area (Å²) < 4.78 is 5.04. The number of amides is 1. The Morgan fingerprint density at radius 1 is 1.50 bits per heavy atom. The average Bonchev–Trinajstić information content (AvgIpc) is 2.75. The largest absolute Gasteiger partial charge is 0.361 e. The van der Waals surface area contributed by atoms with E-state index in [1.54, 1.807) is 6.92 Å². The van der Waals surface area contributed by atoms with Crippen LogP contribution in [0.1, 0.15) is 18.4 Å². The molecule has 1 saturated heterocycles. The number of carbonyl (C=O) groups is 1. The number of hydrogen-bond donors (Lipinski definition) is 1. The van der Waals surface area contributed by atoms with Gasteiger partial charge in [-0.15, -0.1) is 0 Å². The van der Waals surface area contributed by atoms with E-state index < -0.39 is 6.04 Å². The molecule has 1 atom stereocenters. The zero-order chi connectivity index (χ0) is 13.1. The molecule has 2 N–H and O–H groups in total. The second-order valence-corrected chi connectivity index (χ2v) is 4.82. The van der Waals surface area contributed by atoms with Crippen molar-refractivity contribution < 1.29 is 9.32 Å². The lowest BCUT2D eigenvalue weighted by Crippen LogP contribution is -2.52. The molecule has 1 aliphatic rings. The number of carbonyl (C=O) groups excluding carboxylic acids is 1. The molecule has 2 rings (SSSR count). The molecular weight excluding hydrogens is 232 g/mol. The van der Waals surface area contributed by atoms with Gasteiger partial charge in [0, 0.05) is 38.8 Å². The van der Waals surface area contributed by atoms with Gasteiger partial charge in [0.05, 0.1) is 11.7 Å². The first-order chi connectivity index (χ1) is 8.56. The van der Waals surface area contributed by atoms with Crippen LogP contribution in [0, 0.1) is 6.92 Å². The van der Waals surface area contributed by atoms with E-state index in [0.29, 0.717) is 0 Å². The molecule has 100 valence electrons. The molecule has 2 heterocycles. The summed E-state index contributed by atoms with van der Waals surface area (Å²) in [4.78, 5) is 15.8. The van der Waals surface area contributed by atoms with Crippen molar-refractivity contribution in [3.63, 3.8) is 0 Å². The number of aryl methyl sites for hydroxylation is 1. The third-order valence-electron chi connectivity index (χ3n) is 3.14. The predicted octanol–water partition coefficient (Wildman–Crippen LogP) is -0.0256. The van der Waals surface area contributed by atoms with Crippen LogP contribution in [0.3, 0.4) is 0 Å². The molecule has 6 nitrogen and oxygen atoms in total. The van der Waals surface area contributed by atoms with Gasteiger partial charge >= 0.3 is 0 Å². The first-order valence-corrected chi connectivity index (χ1v) is 6.25. The van der Waals surface area contributed by atoms with Crippen LogP contribution >= 0.6 is 0 Å². The predicted molar refractivity (Wildman–Crippen MR) is 66.7 cm³/mol. The highest BCUT2D eigenvalue weighted by atomic mass is 16.5. The van der Waals surface area contributed by atoms with Gasteiger partial charge in [0.1, 0.15) is 5.76 Å². The zero-order valence-corrected chi connectivity index (χ0v) is 10.9. The summed E-state index contributed by atoms with van der Waals surface area (Å²) in [5, 5.41) is 3.98. The third kappa shape index (κ3) is 3.08. The second kappa shape index (κ2) is 5.49. The molecule has 0 bridgehead atoms. The fourth-order valence-corrected chi connectivity index (χ4v) is 2.14. The van der Waals surface area contributed by atoms with E-state index >= 15 is 0 Å². The minimum Gasteiger partial charge on any atom is -0.361 e. The monoisotopic (exact) mass is 252 g/mol. The van der Waals surface area contributed by atoms with Crippen molar-refractivity contribution >= 4 is 5.91 Å². The van der Waals surface area contributed by atoms with Gasteiger partial charge in [-0.3, -0.25) is 9.69 Å². The quantitative estimate of drug-likeness (QED) is 0.818. The van der Waals surface area contributed by atoms with Gasteiger partial charge in [0.15, 0.2) is 0 Å². The Morgan fingerprint density at radius 2 is 2.17 bits per heavy atom. The van der Waals surface area contributed by atoms with Crippen LogP contribution in [0.4, 0.5) is 0 Å². The highest BCUT2D eigenvalue weighted by molar-refractivity contribution is 5.81. The van der Waals surface area contributed by atoms with Gasteiger partial charge in [-0.05, 0) is 13.8 Å². The molecule has 1 fully saturated rings. The summed E-state index contributed by atoms with van der Waals surface area (Å²) in [5.41, 5.74) is 6.54. The van der Waals surface area contributed by atoms with Crippen molar-refractivity contribution in [2.24, 2.45) is 5.73 Å². The molecule has 6 heteroatoms. The summed E-state index contributed by atoms with van der Waals surface area (Å²) in [6.07, 6.45) is 0. The van der Waals surface area contributed by atoms with Crippen LogP contribution in [-0.2, 0) is 11.3 Å². The molecule has 0 aromatic carbocycles. The third-order valence-corrected chi connectivity index (χ3v) is 3.14. The van der Waals surface area contributed by atoms with Crippen LogP contribution < -0.4 is 5.73 Å². The normalized spacial score (nSPS) is 18.9. The van der Waals surface area contributed by atoms with Crippen molar-refractivity contribution in [1.29, 1.82) is 0 Å². The number of nitrogens with two attached hydrogens (primary N) is 1. The Morgan fingerprint density at radius 3 is 2.67 bits per heavy atom. The molecule has 18 heavy (non-hydrogen) atoms. The van der Waals surface area contributed by atoms with Crippen LogP contribution in [0.2, 0.25) is 0 Å². The van der Waals surface area contributed by atoms with Crippen molar-refractivity contribution in [1.82, 2.24) is 15.0 Å². The molecule has 1 aromatic rings. The van der Waals surface area contributed by atoms with Crippen LogP contribution in [0.15, 0.2) is 10.6 Å². The van der Waals surface area contributed by atoms with Gasteiger partial charge in [-0.25, -0.2) is 0 Å². The standard InChI is InChI=1S/C12H20N4O2/c1-9-7-11(14-18-9)8-15-3-5-16(6-4-15)12(17)10(2)13/h7,10H,3-6,8,13H2,1-2H3/t10-/m1/s1. The summed E-state index contributed by atoms with van der Waals surface area (Å²) in [6.45, 7) is 7.56. The van der Waals surface area contributed by atoms with Crippen LogP contribution in [0.25, 0.3) is 0 Å². The maximum Gasteiger partial charge on any atom is 0.239 e. The minimum absolute atomic E-state index is 0.0342. The lowest BCUT2D eigenvalue weighted by atomic mass is 10.2. The van der Waals surface area contributed by atoms with E-state index in [9.17, 15) is 4.79 Å². The van der Waals surface area contributed by atoms with Gasteiger partial charge in [-0.1, -0.05) is 5.16 Å². The molecule has 0 saturated carbocycles. The van der Waals surface area contributed by atoms with Gasteiger partial charge in [0.2, 0.25) is 5.91 Å². The molecule has 0 aliphatic carbocycles. The first-order valence-electron chi connectivity index (χ1n) is 6.25. The highest BCUT2D eigenvalue weighted by Crippen LogP contribution is 2.09. The van der Waals surface area contributed by atoms with E-state index in [1.807, 2.05) is 17.9 Å². The highest BCUT2D eigenvalue weighted by Gasteiger charge is 2.23. The van der Waals surface area contributed by atoms with E-state index in [1.165, 1.54) is 0 Å². The minimum atomic E-state index is -0.408. The van der Waals surface area contributed by atoms with Gasteiger partial charge in [-0.2, -0.15) is 0 Å². The maximum atomic E-state index is 11.7. The van der Waals surface area contributed by atoms with E-state index in [4.69, 9.17) is 10.3 Å². The zero-order valence-electron chi connectivity index (χ0n) is 10.9. The van der Waals surface area contributed by atoms with E-state index in [0.717, 1.165) is 44.2 Å². The van der Waals surface area contributed by atoms with Crippen LogP contribution in [0.5, 0.6) is 0 Å². The van der Waals surface area contributed by atoms with Crippen LogP contribution in [-0.4, -0.2) is 53.1 Å². The van der Waals surface area contributed by atoms with Gasteiger partial charge in [0.25, 0.3) is 0 Å². The molecule has 0 spiro atoms. The molecule has 1 amide bonds. The maximum absolute atomic E-state index is 11.7. The van der Waals surface area contributed by atoms with Crippen molar-refractivity contribution in [3.05, 3.63) is 17.5 Å². The topological polar surface area (TPSA) is 75.6 Å². The molecule has 0 unspecified atom stereocenters. The summed E-state index contributed by atoms with van der Waals surface area (Å²) in [5.74, 6) is 0.864. The molecular formula is C12H20N4O2. The summed E-state index contributed by atoms with van der Waals surface area (Å²) in [7, 11) is 0.